The molecule has 2 N–H and O–H groups in total. The molecule has 106 valence electrons. The van der Waals surface area contributed by atoms with Gasteiger partial charge in [-0.1, -0.05) is 12.2 Å². The van der Waals surface area contributed by atoms with Crippen molar-refractivity contribution in [3.05, 3.63) is 55.1 Å². The monoisotopic (exact) mass is 274 g/mol. The number of hydrogen-bond donors (Lipinski definition) is 2. The SMILES string of the molecule is C=CCNC(=O)COc1ccc(C(=O)NCC=C)cc1. The van der Waals surface area contributed by atoms with E-state index in [4.69, 9.17) is 4.74 Å². The lowest BCUT2D eigenvalue weighted by molar-refractivity contribution is -0.122. The molecule has 0 aliphatic heterocycles. The zero-order valence-electron chi connectivity index (χ0n) is 11.2. The Morgan fingerprint density at radius 3 is 2.25 bits per heavy atom. The second kappa shape index (κ2) is 8.53. The van der Waals surface area contributed by atoms with Crippen molar-refractivity contribution in [1.82, 2.24) is 10.6 Å². The van der Waals surface area contributed by atoms with Crippen molar-refractivity contribution in [2.75, 3.05) is 19.7 Å². The summed E-state index contributed by atoms with van der Waals surface area (Å²) in [5.74, 6) is 0.122. The number of hydrogen-bond acceptors (Lipinski definition) is 3. The Labute approximate surface area is 118 Å². The summed E-state index contributed by atoms with van der Waals surface area (Å²) in [7, 11) is 0. The Hall–Kier alpha value is -2.56. The van der Waals surface area contributed by atoms with Gasteiger partial charge in [0.25, 0.3) is 11.8 Å². The van der Waals surface area contributed by atoms with Gasteiger partial charge in [-0.2, -0.15) is 0 Å². The number of nitrogens with one attached hydrogen (secondary N) is 2. The molecule has 5 nitrogen and oxygen atoms in total. The molecular weight excluding hydrogens is 256 g/mol. The van der Waals surface area contributed by atoms with E-state index < -0.39 is 0 Å². The van der Waals surface area contributed by atoms with Crippen molar-refractivity contribution >= 4 is 11.8 Å². The zero-order valence-corrected chi connectivity index (χ0v) is 11.2. The van der Waals surface area contributed by atoms with Gasteiger partial charge < -0.3 is 15.4 Å². The van der Waals surface area contributed by atoms with Crippen LogP contribution in [-0.2, 0) is 4.79 Å². The van der Waals surface area contributed by atoms with Crippen LogP contribution in [0.4, 0.5) is 0 Å². The Balaban J connectivity index is 2.46. The van der Waals surface area contributed by atoms with Crippen LogP contribution in [0, 0.1) is 0 Å². The van der Waals surface area contributed by atoms with Gasteiger partial charge in [0.05, 0.1) is 0 Å². The van der Waals surface area contributed by atoms with Crippen LogP contribution in [0.15, 0.2) is 49.6 Å². The van der Waals surface area contributed by atoms with E-state index in [0.29, 0.717) is 24.4 Å². The fraction of sp³-hybridized carbons (Fsp3) is 0.200. The van der Waals surface area contributed by atoms with Crippen LogP contribution in [-0.4, -0.2) is 31.5 Å². The minimum absolute atomic E-state index is 0.0736. The van der Waals surface area contributed by atoms with E-state index in [1.165, 1.54) is 0 Å². The molecule has 0 unspecified atom stereocenters. The standard InChI is InChI=1S/C15H18N2O3/c1-3-9-16-14(18)11-20-13-7-5-12(6-8-13)15(19)17-10-4-2/h3-8H,1-2,9-11H2,(H,16,18)(H,17,19). The molecule has 0 bridgehead atoms. The summed E-state index contributed by atoms with van der Waals surface area (Å²) in [5, 5.41) is 5.27. The van der Waals surface area contributed by atoms with Crippen LogP contribution in [0.1, 0.15) is 10.4 Å². The molecule has 0 spiro atoms. The van der Waals surface area contributed by atoms with E-state index in [-0.39, 0.29) is 18.4 Å². The van der Waals surface area contributed by atoms with Gasteiger partial charge in [-0.25, -0.2) is 0 Å². The number of amides is 2. The average Bonchev–Trinajstić information content (AvgIpc) is 2.49. The van der Waals surface area contributed by atoms with Gasteiger partial charge in [0.1, 0.15) is 5.75 Å². The molecule has 0 aliphatic rings. The van der Waals surface area contributed by atoms with Crippen molar-refractivity contribution < 1.29 is 14.3 Å². The Morgan fingerprint density at radius 1 is 1.05 bits per heavy atom. The van der Waals surface area contributed by atoms with E-state index in [1.807, 2.05) is 0 Å². The van der Waals surface area contributed by atoms with Crippen LogP contribution in [0.25, 0.3) is 0 Å². The van der Waals surface area contributed by atoms with Gasteiger partial charge in [0.15, 0.2) is 6.61 Å². The van der Waals surface area contributed by atoms with Gasteiger partial charge in [-0.05, 0) is 24.3 Å². The summed E-state index contributed by atoms with van der Waals surface area (Å²) in [4.78, 5) is 22.9. The summed E-state index contributed by atoms with van der Waals surface area (Å²) in [6.45, 7) is 7.77. The highest BCUT2D eigenvalue weighted by Gasteiger charge is 2.05. The second-order valence-corrected chi connectivity index (χ2v) is 3.90. The summed E-state index contributed by atoms with van der Waals surface area (Å²) in [5.41, 5.74) is 0.523. The van der Waals surface area contributed by atoms with Crippen molar-refractivity contribution in [3.63, 3.8) is 0 Å². The van der Waals surface area contributed by atoms with Crippen molar-refractivity contribution in [1.29, 1.82) is 0 Å². The zero-order chi connectivity index (χ0) is 14.8. The Bertz CT molecular complexity index is 480. The van der Waals surface area contributed by atoms with Crippen LogP contribution < -0.4 is 15.4 Å². The first-order valence-corrected chi connectivity index (χ1v) is 6.17. The van der Waals surface area contributed by atoms with Crippen LogP contribution in [0.5, 0.6) is 5.75 Å². The van der Waals surface area contributed by atoms with Gasteiger partial charge in [0, 0.05) is 18.7 Å². The molecular formula is C15H18N2O3. The molecule has 1 rings (SSSR count). The maximum Gasteiger partial charge on any atom is 0.258 e. The molecule has 0 aliphatic carbocycles. The summed E-state index contributed by atoms with van der Waals surface area (Å²) in [6.07, 6.45) is 3.20. The Kier molecular flexibility index (Phi) is 6.61. The highest BCUT2D eigenvalue weighted by Crippen LogP contribution is 2.11. The van der Waals surface area contributed by atoms with Gasteiger partial charge in [-0.3, -0.25) is 9.59 Å². The number of ether oxygens (including phenoxy) is 1. The summed E-state index contributed by atoms with van der Waals surface area (Å²) < 4.78 is 5.29. The first kappa shape index (κ1) is 15.5. The molecule has 2 amide bonds. The van der Waals surface area contributed by atoms with Gasteiger partial charge >= 0.3 is 0 Å². The predicted molar refractivity (Wildman–Crippen MR) is 77.7 cm³/mol. The highest BCUT2D eigenvalue weighted by atomic mass is 16.5. The summed E-state index contributed by atoms with van der Waals surface area (Å²) >= 11 is 0. The van der Waals surface area contributed by atoms with Gasteiger partial charge in [0.2, 0.25) is 0 Å². The number of benzene rings is 1. The molecule has 1 aromatic rings. The van der Waals surface area contributed by atoms with Crippen LogP contribution in [0.3, 0.4) is 0 Å². The van der Waals surface area contributed by atoms with Gasteiger partial charge in [-0.15, -0.1) is 13.2 Å². The van der Waals surface area contributed by atoms with E-state index in [2.05, 4.69) is 23.8 Å². The lowest BCUT2D eigenvalue weighted by atomic mass is 10.2. The number of rotatable bonds is 8. The first-order valence-electron chi connectivity index (χ1n) is 6.17. The molecule has 0 aromatic heterocycles. The minimum Gasteiger partial charge on any atom is -0.484 e. The van der Waals surface area contributed by atoms with E-state index >= 15 is 0 Å². The minimum atomic E-state index is -0.224. The van der Waals surface area contributed by atoms with Crippen molar-refractivity contribution in [2.24, 2.45) is 0 Å². The van der Waals surface area contributed by atoms with E-state index in [9.17, 15) is 9.59 Å². The van der Waals surface area contributed by atoms with Crippen LogP contribution >= 0.6 is 0 Å². The lowest BCUT2D eigenvalue weighted by Crippen LogP contribution is -2.28. The third-order valence-electron chi connectivity index (χ3n) is 2.34. The third-order valence-corrected chi connectivity index (χ3v) is 2.34. The molecule has 0 saturated heterocycles. The fourth-order valence-corrected chi connectivity index (χ4v) is 1.36. The fourth-order valence-electron chi connectivity index (χ4n) is 1.36. The molecule has 0 radical (unpaired) electrons. The first-order chi connectivity index (χ1) is 9.67. The predicted octanol–water partition coefficient (Wildman–Crippen LogP) is 1.28. The smallest absolute Gasteiger partial charge is 0.258 e. The normalized spacial score (nSPS) is 9.40. The topological polar surface area (TPSA) is 67.4 Å². The quantitative estimate of drug-likeness (QED) is 0.702. The molecule has 0 fully saturated rings. The Morgan fingerprint density at radius 2 is 1.65 bits per heavy atom. The third kappa shape index (κ3) is 5.39. The highest BCUT2D eigenvalue weighted by molar-refractivity contribution is 5.94. The molecule has 0 heterocycles. The number of carbonyl (C=O) groups is 2. The number of carbonyl (C=O) groups excluding carboxylic acids is 2. The lowest BCUT2D eigenvalue weighted by Gasteiger charge is -2.07. The second-order valence-electron chi connectivity index (χ2n) is 3.90. The maximum atomic E-state index is 11.6. The molecule has 5 heteroatoms. The van der Waals surface area contributed by atoms with Crippen molar-refractivity contribution in [2.45, 2.75) is 0 Å². The van der Waals surface area contributed by atoms with Crippen LogP contribution in [0.2, 0.25) is 0 Å². The van der Waals surface area contributed by atoms with E-state index in [1.54, 1.807) is 36.4 Å². The maximum absolute atomic E-state index is 11.6. The summed E-state index contributed by atoms with van der Waals surface area (Å²) in [6, 6.07) is 6.55. The van der Waals surface area contributed by atoms with E-state index in [0.717, 1.165) is 0 Å². The average molecular weight is 274 g/mol. The molecule has 1 aromatic carbocycles. The largest absolute Gasteiger partial charge is 0.484 e. The molecule has 0 atom stereocenters. The molecule has 20 heavy (non-hydrogen) atoms. The van der Waals surface area contributed by atoms with Crippen molar-refractivity contribution in [3.8, 4) is 5.75 Å². The molecule has 0 saturated carbocycles.